The van der Waals surface area contributed by atoms with Crippen molar-refractivity contribution >= 4 is 11.4 Å². The van der Waals surface area contributed by atoms with Gasteiger partial charge in [0.05, 0.1) is 11.4 Å². The summed E-state index contributed by atoms with van der Waals surface area (Å²) in [6.45, 7) is 2.17. The number of nitrogens with one attached hydrogen (secondary N) is 1. The number of rotatable bonds is 2. The van der Waals surface area contributed by atoms with Gasteiger partial charge in [0.2, 0.25) is 0 Å². The lowest BCUT2D eigenvalue weighted by Gasteiger charge is -2.25. The lowest BCUT2D eigenvalue weighted by molar-refractivity contribution is 0.628. The van der Waals surface area contributed by atoms with E-state index < -0.39 is 0 Å². The van der Waals surface area contributed by atoms with Crippen LogP contribution in [0.15, 0.2) is 18.2 Å². The second kappa shape index (κ2) is 5.19. The number of halogens is 1. The Morgan fingerprint density at radius 1 is 1.12 bits per heavy atom. The van der Waals surface area contributed by atoms with Crippen LogP contribution in [0.25, 0.3) is 0 Å². The Morgan fingerprint density at radius 2 is 1.81 bits per heavy atom. The molecule has 1 saturated heterocycles. The number of hydrogen-bond donors (Lipinski definition) is 1. The first-order chi connectivity index (χ1) is 7.81. The normalized spacial score (nSPS) is 17.0. The molecule has 1 N–H and O–H groups in total. The number of benzene rings is 1. The third-order valence-corrected chi connectivity index (χ3v) is 3.17. The van der Waals surface area contributed by atoms with Gasteiger partial charge in [0, 0.05) is 20.1 Å². The first kappa shape index (κ1) is 11.2. The van der Waals surface area contributed by atoms with E-state index in [1.807, 2.05) is 13.1 Å². The summed E-state index contributed by atoms with van der Waals surface area (Å²) in [4.78, 5) is 2.36. The van der Waals surface area contributed by atoms with Crippen LogP contribution in [0.3, 0.4) is 0 Å². The van der Waals surface area contributed by atoms with Crippen LogP contribution < -0.4 is 10.2 Å². The smallest absolute Gasteiger partial charge is 0.125 e. The molecule has 3 heteroatoms. The van der Waals surface area contributed by atoms with Gasteiger partial charge >= 0.3 is 0 Å². The summed E-state index contributed by atoms with van der Waals surface area (Å²) < 4.78 is 13.1. The van der Waals surface area contributed by atoms with E-state index in [0.717, 1.165) is 24.5 Å². The van der Waals surface area contributed by atoms with Gasteiger partial charge in [0.25, 0.3) is 0 Å². The van der Waals surface area contributed by atoms with Crippen molar-refractivity contribution in [2.75, 3.05) is 30.4 Å². The Balaban J connectivity index is 2.23. The van der Waals surface area contributed by atoms with Crippen molar-refractivity contribution in [1.82, 2.24) is 0 Å². The van der Waals surface area contributed by atoms with E-state index >= 15 is 0 Å². The Morgan fingerprint density at radius 3 is 2.44 bits per heavy atom. The van der Waals surface area contributed by atoms with Crippen molar-refractivity contribution in [3.63, 3.8) is 0 Å². The Hall–Kier alpha value is -1.25. The molecule has 0 unspecified atom stereocenters. The summed E-state index contributed by atoms with van der Waals surface area (Å²) in [6, 6.07) is 4.99. The van der Waals surface area contributed by atoms with Crippen LogP contribution in [0.2, 0.25) is 0 Å². The summed E-state index contributed by atoms with van der Waals surface area (Å²) in [7, 11) is 1.84. The molecular formula is C13H19FN2. The average Bonchev–Trinajstić information content (AvgIpc) is 2.57. The standard InChI is InChI=1S/C13H19FN2/c1-15-12-10-11(14)6-7-13(12)16-8-4-2-3-5-9-16/h6-7,10,15H,2-5,8-9H2,1H3. The molecule has 0 radical (unpaired) electrons. The highest BCUT2D eigenvalue weighted by Gasteiger charge is 2.13. The van der Waals surface area contributed by atoms with Gasteiger partial charge in [-0.25, -0.2) is 4.39 Å². The molecule has 0 aromatic heterocycles. The maximum absolute atomic E-state index is 13.1. The molecule has 1 heterocycles. The van der Waals surface area contributed by atoms with Crippen LogP contribution in [0, 0.1) is 5.82 Å². The fraction of sp³-hybridized carbons (Fsp3) is 0.538. The number of anilines is 2. The van der Waals surface area contributed by atoms with Crippen LogP contribution in [0.5, 0.6) is 0 Å². The van der Waals surface area contributed by atoms with Gasteiger partial charge in [0.15, 0.2) is 0 Å². The third kappa shape index (κ3) is 2.46. The van der Waals surface area contributed by atoms with Crippen molar-refractivity contribution in [2.45, 2.75) is 25.7 Å². The van der Waals surface area contributed by atoms with Crippen LogP contribution in [0.4, 0.5) is 15.8 Å². The molecule has 0 amide bonds. The topological polar surface area (TPSA) is 15.3 Å². The maximum Gasteiger partial charge on any atom is 0.125 e. The first-order valence-corrected chi connectivity index (χ1v) is 6.03. The minimum atomic E-state index is -0.178. The highest BCUT2D eigenvalue weighted by molar-refractivity contribution is 5.69. The van der Waals surface area contributed by atoms with Crippen molar-refractivity contribution in [1.29, 1.82) is 0 Å². The molecule has 1 aliphatic rings. The van der Waals surface area contributed by atoms with Gasteiger partial charge < -0.3 is 10.2 Å². The largest absolute Gasteiger partial charge is 0.386 e. The zero-order valence-corrected chi connectivity index (χ0v) is 9.80. The predicted octanol–water partition coefficient (Wildman–Crippen LogP) is 3.25. The fourth-order valence-corrected chi connectivity index (χ4v) is 2.30. The summed E-state index contributed by atoms with van der Waals surface area (Å²) in [5, 5.41) is 3.07. The minimum absolute atomic E-state index is 0.178. The molecular weight excluding hydrogens is 203 g/mol. The maximum atomic E-state index is 13.1. The molecule has 88 valence electrons. The zero-order valence-electron chi connectivity index (χ0n) is 9.80. The first-order valence-electron chi connectivity index (χ1n) is 6.03. The molecule has 0 spiro atoms. The van der Waals surface area contributed by atoms with E-state index in [0.29, 0.717) is 0 Å². The molecule has 0 saturated carbocycles. The van der Waals surface area contributed by atoms with Crippen molar-refractivity contribution < 1.29 is 4.39 Å². The molecule has 0 bridgehead atoms. The van der Waals surface area contributed by atoms with Gasteiger partial charge in [-0.3, -0.25) is 0 Å². The highest BCUT2D eigenvalue weighted by atomic mass is 19.1. The zero-order chi connectivity index (χ0) is 11.4. The SMILES string of the molecule is CNc1cc(F)ccc1N1CCCCCC1. The lowest BCUT2D eigenvalue weighted by atomic mass is 10.2. The average molecular weight is 222 g/mol. The minimum Gasteiger partial charge on any atom is -0.386 e. The molecule has 0 aliphatic carbocycles. The summed E-state index contributed by atoms with van der Waals surface area (Å²) in [6.07, 6.45) is 5.10. The van der Waals surface area contributed by atoms with E-state index in [1.165, 1.54) is 25.7 Å². The van der Waals surface area contributed by atoms with Gasteiger partial charge in [-0.1, -0.05) is 12.8 Å². The second-order valence-electron chi connectivity index (χ2n) is 4.31. The van der Waals surface area contributed by atoms with Gasteiger partial charge in [-0.2, -0.15) is 0 Å². The summed E-state index contributed by atoms with van der Waals surface area (Å²) in [5.74, 6) is -0.178. The Kier molecular flexibility index (Phi) is 3.65. The Bertz CT molecular complexity index is 344. The van der Waals surface area contributed by atoms with Gasteiger partial charge in [0.1, 0.15) is 5.82 Å². The molecule has 16 heavy (non-hydrogen) atoms. The lowest BCUT2D eigenvalue weighted by Crippen LogP contribution is -2.24. The van der Waals surface area contributed by atoms with E-state index in [1.54, 1.807) is 12.1 Å². The van der Waals surface area contributed by atoms with Crippen LogP contribution in [-0.2, 0) is 0 Å². The molecule has 0 atom stereocenters. The van der Waals surface area contributed by atoms with E-state index in [9.17, 15) is 4.39 Å². The Labute approximate surface area is 96.5 Å². The van der Waals surface area contributed by atoms with Gasteiger partial charge in [-0.15, -0.1) is 0 Å². The van der Waals surface area contributed by atoms with Gasteiger partial charge in [-0.05, 0) is 31.0 Å². The monoisotopic (exact) mass is 222 g/mol. The van der Waals surface area contributed by atoms with E-state index in [-0.39, 0.29) is 5.82 Å². The highest BCUT2D eigenvalue weighted by Crippen LogP contribution is 2.28. The number of hydrogen-bond acceptors (Lipinski definition) is 2. The quantitative estimate of drug-likeness (QED) is 0.826. The molecule has 2 rings (SSSR count). The fourth-order valence-electron chi connectivity index (χ4n) is 2.30. The second-order valence-corrected chi connectivity index (χ2v) is 4.31. The van der Waals surface area contributed by atoms with E-state index in [4.69, 9.17) is 0 Å². The molecule has 1 fully saturated rings. The summed E-state index contributed by atoms with van der Waals surface area (Å²) in [5.41, 5.74) is 2.02. The van der Waals surface area contributed by atoms with Crippen molar-refractivity contribution in [3.05, 3.63) is 24.0 Å². The van der Waals surface area contributed by atoms with Crippen LogP contribution in [-0.4, -0.2) is 20.1 Å². The predicted molar refractivity (Wildman–Crippen MR) is 66.6 cm³/mol. The number of nitrogens with zero attached hydrogens (tertiary/aromatic N) is 1. The molecule has 1 aromatic rings. The summed E-state index contributed by atoms with van der Waals surface area (Å²) >= 11 is 0. The molecule has 1 aliphatic heterocycles. The van der Waals surface area contributed by atoms with E-state index in [2.05, 4.69) is 10.2 Å². The third-order valence-electron chi connectivity index (χ3n) is 3.17. The van der Waals surface area contributed by atoms with Crippen molar-refractivity contribution in [2.24, 2.45) is 0 Å². The molecule has 1 aromatic carbocycles. The molecule has 2 nitrogen and oxygen atoms in total. The van der Waals surface area contributed by atoms with Crippen LogP contribution in [0.1, 0.15) is 25.7 Å². The van der Waals surface area contributed by atoms with Crippen molar-refractivity contribution in [3.8, 4) is 0 Å². The van der Waals surface area contributed by atoms with Crippen LogP contribution >= 0.6 is 0 Å².